The van der Waals surface area contributed by atoms with Crippen molar-refractivity contribution in [3.63, 3.8) is 0 Å². The van der Waals surface area contributed by atoms with Gasteiger partial charge in [-0.2, -0.15) is 0 Å². The van der Waals surface area contributed by atoms with Gasteiger partial charge < -0.3 is 15.2 Å². The minimum atomic E-state index is -0.525. The number of amides is 1. The van der Waals surface area contributed by atoms with Crippen LogP contribution in [0, 0.1) is 0 Å². The van der Waals surface area contributed by atoms with Crippen molar-refractivity contribution >= 4 is 27.8 Å². The highest BCUT2D eigenvalue weighted by molar-refractivity contribution is 9.10. The van der Waals surface area contributed by atoms with Gasteiger partial charge in [0.1, 0.15) is 17.2 Å². The fraction of sp³-hybridized carbons (Fsp3) is 0.273. The lowest BCUT2D eigenvalue weighted by molar-refractivity contribution is -0.140. The van der Waals surface area contributed by atoms with Crippen molar-refractivity contribution in [2.75, 3.05) is 13.7 Å². The number of carbonyl (C=O) groups excluding carboxylic acids is 2. The number of hydrogen-bond donors (Lipinski definition) is 1. The van der Waals surface area contributed by atoms with Gasteiger partial charge in [-0.1, -0.05) is 15.9 Å². The van der Waals surface area contributed by atoms with Crippen LogP contribution in [0.25, 0.3) is 0 Å². The van der Waals surface area contributed by atoms with E-state index < -0.39 is 16.7 Å². The molecule has 0 saturated heterocycles. The highest BCUT2D eigenvalue weighted by atomic mass is 79.9. The molecule has 0 aromatic heterocycles. The van der Waals surface area contributed by atoms with Crippen molar-refractivity contribution in [1.82, 2.24) is 0 Å². The molecule has 0 heterocycles. The first kappa shape index (κ1) is 13.5. The second-order valence-electron chi connectivity index (χ2n) is 3.19. The summed E-state index contributed by atoms with van der Waals surface area (Å²) < 4.78 is 9.85. The molecule has 6 heteroatoms. The fourth-order valence-corrected chi connectivity index (χ4v) is 1.40. The predicted octanol–water partition coefficient (Wildman–Crippen LogP) is 1.10. The zero-order chi connectivity index (χ0) is 12.8. The van der Waals surface area contributed by atoms with Crippen LogP contribution in [0.1, 0.15) is 10.4 Å². The summed E-state index contributed by atoms with van der Waals surface area (Å²) in [6, 6.07) is 6.33. The SMILES string of the molecule is COC(=O)C(Br)COc1ccc(C(N)=O)cc1. The van der Waals surface area contributed by atoms with E-state index in [0.717, 1.165) is 0 Å². The number of nitrogens with two attached hydrogens (primary N) is 1. The summed E-state index contributed by atoms with van der Waals surface area (Å²) in [5.41, 5.74) is 5.50. The van der Waals surface area contributed by atoms with Gasteiger partial charge in [0.2, 0.25) is 5.91 Å². The maximum Gasteiger partial charge on any atom is 0.322 e. The molecule has 0 aliphatic heterocycles. The summed E-state index contributed by atoms with van der Waals surface area (Å²) in [7, 11) is 1.30. The Morgan fingerprint density at radius 2 is 1.94 bits per heavy atom. The van der Waals surface area contributed by atoms with Gasteiger partial charge in [0.25, 0.3) is 0 Å². The van der Waals surface area contributed by atoms with Crippen LogP contribution in [0.15, 0.2) is 24.3 Å². The maximum absolute atomic E-state index is 11.1. The minimum Gasteiger partial charge on any atom is -0.492 e. The van der Waals surface area contributed by atoms with Gasteiger partial charge in [-0.3, -0.25) is 9.59 Å². The Bertz CT molecular complexity index is 404. The van der Waals surface area contributed by atoms with E-state index in [0.29, 0.717) is 11.3 Å². The second-order valence-corrected chi connectivity index (χ2v) is 4.30. The third kappa shape index (κ3) is 4.07. The molecule has 0 radical (unpaired) electrons. The Balaban J connectivity index is 2.53. The topological polar surface area (TPSA) is 78.6 Å². The van der Waals surface area contributed by atoms with Crippen LogP contribution in [0.2, 0.25) is 0 Å². The number of halogens is 1. The standard InChI is InChI=1S/C11H12BrNO4/c1-16-11(15)9(12)6-17-8-4-2-7(3-5-8)10(13)14/h2-5,9H,6H2,1H3,(H2,13,14). The molecule has 0 fully saturated rings. The molecule has 1 amide bonds. The van der Waals surface area contributed by atoms with Gasteiger partial charge in [-0.05, 0) is 24.3 Å². The number of methoxy groups -OCH3 is 1. The lowest BCUT2D eigenvalue weighted by Crippen LogP contribution is -2.22. The molecule has 0 aliphatic carbocycles. The lowest BCUT2D eigenvalue weighted by Gasteiger charge is -2.09. The van der Waals surface area contributed by atoms with E-state index in [1.165, 1.54) is 7.11 Å². The molecule has 1 unspecified atom stereocenters. The van der Waals surface area contributed by atoms with Crippen LogP contribution >= 0.6 is 15.9 Å². The Kier molecular flexibility index (Phi) is 4.96. The molecule has 0 spiro atoms. The summed E-state index contributed by atoms with van der Waals surface area (Å²) in [4.78, 5) is 21.4. The van der Waals surface area contributed by atoms with E-state index in [2.05, 4.69) is 20.7 Å². The Hall–Kier alpha value is -1.56. The number of ether oxygens (including phenoxy) is 2. The largest absolute Gasteiger partial charge is 0.492 e. The lowest BCUT2D eigenvalue weighted by atomic mass is 10.2. The Morgan fingerprint density at radius 3 is 2.41 bits per heavy atom. The van der Waals surface area contributed by atoms with Crippen LogP contribution < -0.4 is 10.5 Å². The quantitative estimate of drug-likeness (QED) is 0.652. The maximum atomic E-state index is 11.1. The van der Waals surface area contributed by atoms with E-state index >= 15 is 0 Å². The normalized spacial score (nSPS) is 11.6. The van der Waals surface area contributed by atoms with Crippen molar-refractivity contribution in [2.24, 2.45) is 5.73 Å². The fourth-order valence-electron chi connectivity index (χ4n) is 1.08. The highest BCUT2D eigenvalue weighted by Crippen LogP contribution is 2.13. The number of primary amides is 1. The summed E-state index contributed by atoms with van der Waals surface area (Å²) in [6.45, 7) is 0.141. The van der Waals surface area contributed by atoms with Crippen molar-refractivity contribution in [1.29, 1.82) is 0 Å². The first-order chi connectivity index (χ1) is 8.04. The third-order valence-corrected chi connectivity index (χ3v) is 2.63. The van der Waals surface area contributed by atoms with Crippen LogP contribution in [0.3, 0.4) is 0 Å². The molecule has 5 nitrogen and oxygen atoms in total. The van der Waals surface area contributed by atoms with E-state index in [4.69, 9.17) is 10.5 Å². The van der Waals surface area contributed by atoms with Gasteiger partial charge in [0.15, 0.2) is 0 Å². The average molecular weight is 302 g/mol. The van der Waals surface area contributed by atoms with Gasteiger partial charge in [0, 0.05) is 5.56 Å². The molecular formula is C11H12BrNO4. The molecule has 92 valence electrons. The summed E-state index contributed by atoms with van der Waals surface area (Å²) in [6.07, 6.45) is 0. The van der Waals surface area contributed by atoms with Crippen LogP contribution in [-0.2, 0) is 9.53 Å². The van der Waals surface area contributed by atoms with Crippen LogP contribution in [-0.4, -0.2) is 30.4 Å². The second kappa shape index (κ2) is 6.24. The van der Waals surface area contributed by atoms with Crippen molar-refractivity contribution < 1.29 is 19.1 Å². The third-order valence-electron chi connectivity index (χ3n) is 1.99. The number of alkyl halides is 1. The minimum absolute atomic E-state index is 0.141. The van der Waals surface area contributed by atoms with Crippen molar-refractivity contribution in [3.8, 4) is 5.75 Å². The van der Waals surface area contributed by atoms with Gasteiger partial charge in [-0.15, -0.1) is 0 Å². The number of carbonyl (C=O) groups is 2. The number of esters is 1. The molecular weight excluding hydrogens is 290 g/mol. The monoisotopic (exact) mass is 301 g/mol. The number of hydrogen-bond acceptors (Lipinski definition) is 4. The van der Waals surface area contributed by atoms with E-state index in [1.54, 1.807) is 24.3 Å². The first-order valence-electron chi connectivity index (χ1n) is 4.79. The van der Waals surface area contributed by atoms with Gasteiger partial charge in [0.05, 0.1) is 7.11 Å². The Morgan fingerprint density at radius 1 is 1.35 bits per heavy atom. The molecule has 1 rings (SSSR count). The molecule has 1 aromatic carbocycles. The highest BCUT2D eigenvalue weighted by Gasteiger charge is 2.15. The molecule has 0 bridgehead atoms. The molecule has 2 N–H and O–H groups in total. The van der Waals surface area contributed by atoms with E-state index in [9.17, 15) is 9.59 Å². The van der Waals surface area contributed by atoms with E-state index in [-0.39, 0.29) is 6.61 Å². The Labute approximate surface area is 107 Å². The summed E-state index contributed by atoms with van der Waals surface area (Å²) in [5, 5.41) is 0. The molecule has 0 saturated carbocycles. The zero-order valence-electron chi connectivity index (χ0n) is 9.18. The number of benzene rings is 1. The van der Waals surface area contributed by atoms with Gasteiger partial charge in [-0.25, -0.2) is 0 Å². The smallest absolute Gasteiger partial charge is 0.322 e. The van der Waals surface area contributed by atoms with Crippen LogP contribution in [0.5, 0.6) is 5.75 Å². The van der Waals surface area contributed by atoms with Crippen molar-refractivity contribution in [3.05, 3.63) is 29.8 Å². The summed E-state index contributed by atoms with van der Waals surface area (Å²) in [5.74, 6) is -0.355. The van der Waals surface area contributed by atoms with Crippen molar-refractivity contribution in [2.45, 2.75) is 4.83 Å². The van der Waals surface area contributed by atoms with E-state index in [1.807, 2.05) is 0 Å². The molecule has 0 aliphatic rings. The molecule has 17 heavy (non-hydrogen) atoms. The van der Waals surface area contributed by atoms with Gasteiger partial charge >= 0.3 is 5.97 Å². The average Bonchev–Trinajstić information content (AvgIpc) is 2.35. The zero-order valence-corrected chi connectivity index (χ0v) is 10.8. The van der Waals surface area contributed by atoms with Crippen LogP contribution in [0.4, 0.5) is 0 Å². The predicted molar refractivity (Wildman–Crippen MR) is 65.2 cm³/mol. The molecule has 1 atom stereocenters. The first-order valence-corrected chi connectivity index (χ1v) is 5.70. The molecule has 1 aromatic rings. The summed E-state index contributed by atoms with van der Waals surface area (Å²) >= 11 is 3.12. The number of rotatable bonds is 5.